The Morgan fingerprint density at radius 3 is 2.79 bits per heavy atom. The molecular weight excluding hydrogens is 403 g/mol. The molecule has 0 radical (unpaired) electrons. The molecule has 0 fully saturated rings. The standard InChI is InChI=1S/C11H6ClIN2O3S/c12-10-7(2-1-3-8(10)15(17)18)14-11(16)6-4-9(13)19-5-6/h1-5H,(H,14,16). The molecule has 1 heterocycles. The van der Waals surface area contributed by atoms with E-state index in [9.17, 15) is 14.9 Å². The lowest BCUT2D eigenvalue weighted by Gasteiger charge is -2.06. The maximum absolute atomic E-state index is 11.9. The van der Waals surface area contributed by atoms with Crippen molar-refractivity contribution in [1.29, 1.82) is 0 Å². The quantitative estimate of drug-likeness (QED) is 0.471. The summed E-state index contributed by atoms with van der Waals surface area (Å²) >= 11 is 9.43. The minimum atomic E-state index is -0.592. The Hall–Kier alpha value is -1.19. The second-order valence-corrected chi connectivity index (χ2v) is 6.67. The van der Waals surface area contributed by atoms with E-state index in [1.165, 1.54) is 29.5 Å². The Morgan fingerprint density at radius 2 is 2.21 bits per heavy atom. The summed E-state index contributed by atoms with van der Waals surface area (Å²) in [5.41, 5.74) is 0.485. The van der Waals surface area contributed by atoms with Crippen LogP contribution >= 0.6 is 45.5 Å². The fourth-order valence-corrected chi connectivity index (χ4v) is 2.95. The van der Waals surface area contributed by atoms with E-state index < -0.39 is 4.92 Å². The van der Waals surface area contributed by atoms with Crippen LogP contribution in [0.2, 0.25) is 5.02 Å². The van der Waals surface area contributed by atoms with Crippen molar-refractivity contribution < 1.29 is 9.72 Å². The highest BCUT2D eigenvalue weighted by Crippen LogP contribution is 2.32. The largest absolute Gasteiger partial charge is 0.320 e. The van der Waals surface area contributed by atoms with Gasteiger partial charge in [-0.2, -0.15) is 0 Å². The van der Waals surface area contributed by atoms with E-state index in [0.717, 1.165) is 2.88 Å². The average Bonchev–Trinajstić information content (AvgIpc) is 2.78. The van der Waals surface area contributed by atoms with Gasteiger partial charge in [0, 0.05) is 11.4 Å². The van der Waals surface area contributed by atoms with Crippen LogP contribution in [0.5, 0.6) is 0 Å². The highest BCUT2D eigenvalue weighted by atomic mass is 127. The Balaban J connectivity index is 2.27. The Bertz CT molecular complexity index is 659. The smallest absolute Gasteiger partial charge is 0.290 e. The minimum Gasteiger partial charge on any atom is -0.320 e. The summed E-state index contributed by atoms with van der Waals surface area (Å²) in [4.78, 5) is 22.1. The number of anilines is 1. The second kappa shape index (κ2) is 5.85. The molecule has 2 rings (SSSR count). The lowest BCUT2D eigenvalue weighted by atomic mass is 10.2. The summed E-state index contributed by atoms with van der Waals surface area (Å²) in [6.07, 6.45) is 0. The molecule has 1 aromatic heterocycles. The zero-order chi connectivity index (χ0) is 14.0. The number of halogens is 2. The number of carbonyl (C=O) groups excluding carboxylic acids is 1. The predicted octanol–water partition coefficient (Wildman–Crippen LogP) is 4.17. The van der Waals surface area contributed by atoms with E-state index in [4.69, 9.17) is 11.6 Å². The van der Waals surface area contributed by atoms with Gasteiger partial charge in [0.1, 0.15) is 5.02 Å². The molecule has 19 heavy (non-hydrogen) atoms. The van der Waals surface area contributed by atoms with Crippen molar-refractivity contribution in [3.05, 3.63) is 53.2 Å². The number of hydrogen-bond acceptors (Lipinski definition) is 4. The highest BCUT2D eigenvalue weighted by molar-refractivity contribution is 14.1. The molecule has 0 aliphatic carbocycles. The number of nitro groups is 1. The van der Waals surface area contributed by atoms with Gasteiger partial charge < -0.3 is 5.32 Å². The van der Waals surface area contributed by atoms with Crippen LogP contribution in [0.3, 0.4) is 0 Å². The van der Waals surface area contributed by atoms with Gasteiger partial charge in [0.25, 0.3) is 11.6 Å². The molecule has 1 amide bonds. The summed E-state index contributed by atoms with van der Waals surface area (Å²) in [7, 11) is 0. The number of nitrogens with zero attached hydrogens (tertiary/aromatic N) is 1. The number of benzene rings is 1. The van der Waals surface area contributed by atoms with Crippen LogP contribution in [-0.4, -0.2) is 10.8 Å². The number of thiophene rings is 1. The van der Waals surface area contributed by atoms with Gasteiger partial charge in [0.05, 0.1) is 19.1 Å². The monoisotopic (exact) mass is 408 g/mol. The second-order valence-electron chi connectivity index (χ2n) is 3.49. The maximum atomic E-state index is 11.9. The van der Waals surface area contributed by atoms with Crippen LogP contribution in [0.25, 0.3) is 0 Å². The summed E-state index contributed by atoms with van der Waals surface area (Å²) in [5, 5.41) is 14.9. The molecule has 0 spiro atoms. The van der Waals surface area contributed by atoms with E-state index >= 15 is 0 Å². The summed E-state index contributed by atoms with van der Waals surface area (Å²) in [6.45, 7) is 0. The van der Waals surface area contributed by atoms with Crippen molar-refractivity contribution in [2.45, 2.75) is 0 Å². The topological polar surface area (TPSA) is 72.2 Å². The number of rotatable bonds is 3. The Kier molecular flexibility index (Phi) is 4.38. The van der Waals surface area contributed by atoms with Gasteiger partial charge in [-0.3, -0.25) is 14.9 Å². The van der Waals surface area contributed by atoms with Crippen molar-refractivity contribution in [3.63, 3.8) is 0 Å². The minimum absolute atomic E-state index is 0.0780. The molecule has 2 aromatic rings. The molecule has 0 unspecified atom stereocenters. The van der Waals surface area contributed by atoms with Gasteiger partial charge in [-0.15, -0.1) is 11.3 Å². The molecular formula is C11H6ClIN2O3S. The fraction of sp³-hybridized carbons (Fsp3) is 0. The Labute approximate surface area is 130 Å². The van der Waals surface area contributed by atoms with Crippen molar-refractivity contribution >= 4 is 62.8 Å². The van der Waals surface area contributed by atoms with Crippen LogP contribution in [0.1, 0.15) is 10.4 Å². The summed E-state index contributed by atoms with van der Waals surface area (Å²) in [6, 6.07) is 6.00. The van der Waals surface area contributed by atoms with Crippen LogP contribution in [0.4, 0.5) is 11.4 Å². The molecule has 0 saturated carbocycles. The van der Waals surface area contributed by atoms with Gasteiger partial charge in [0.15, 0.2) is 0 Å². The van der Waals surface area contributed by atoms with Gasteiger partial charge >= 0.3 is 0 Å². The molecule has 1 aromatic carbocycles. The molecule has 0 atom stereocenters. The first-order valence-corrected chi connectivity index (χ1v) is 7.31. The Morgan fingerprint density at radius 1 is 1.47 bits per heavy atom. The normalized spacial score (nSPS) is 10.2. The van der Waals surface area contributed by atoms with E-state index in [1.54, 1.807) is 11.4 Å². The van der Waals surface area contributed by atoms with Gasteiger partial charge in [0.2, 0.25) is 0 Å². The number of nitro benzene ring substituents is 1. The third-order valence-corrected chi connectivity index (χ3v) is 4.44. The fourth-order valence-electron chi connectivity index (χ4n) is 1.38. The summed E-state index contributed by atoms with van der Waals surface area (Å²) in [5.74, 6) is -0.346. The van der Waals surface area contributed by atoms with Gasteiger partial charge in [-0.05, 0) is 34.7 Å². The third-order valence-electron chi connectivity index (χ3n) is 2.25. The van der Waals surface area contributed by atoms with Crippen molar-refractivity contribution in [1.82, 2.24) is 0 Å². The highest BCUT2D eigenvalue weighted by Gasteiger charge is 2.17. The number of carbonyl (C=O) groups is 1. The van der Waals surface area contributed by atoms with Crippen molar-refractivity contribution in [2.24, 2.45) is 0 Å². The molecule has 98 valence electrons. The molecule has 5 nitrogen and oxygen atoms in total. The SMILES string of the molecule is O=C(Nc1cccc([N+](=O)[O-])c1Cl)c1csc(I)c1. The molecule has 8 heteroatoms. The summed E-state index contributed by atoms with van der Waals surface area (Å²) < 4.78 is 0.980. The first kappa shape index (κ1) is 14.2. The lowest BCUT2D eigenvalue weighted by molar-refractivity contribution is -0.384. The number of hydrogen-bond donors (Lipinski definition) is 1. The molecule has 0 bridgehead atoms. The zero-order valence-corrected chi connectivity index (χ0v) is 13.0. The zero-order valence-electron chi connectivity index (χ0n) is 9.22. The lowest BCUT2D eigenvalue weighted by Crippen LogP contribution is -2.11. The van der Waals surface area contributed by atoms with Crippen LogP contribution in [-0.2, 0) is 0 Å². The molecule has 1 N–H and O–H groups in total. The predicted molar refractivity (Wildman–Crippen MR) is 83.1 cm³/mol. The van der Waals surface area contributed by atoms with Crippen LogP contribution in [0, 0.1) is 13.0 Å². The molecule has 0 aliphatic heterocycles. The van der Waals surface area contributed by atoms with E-state index in [-0.39, 0.29) is 22.3 Å². The molecule has 0 aliphatic rings. The maximum Gasteiger partial charge on any atom is 0.290 e. The van der Waals surface area contributed by atoms with Gasteiger partial charge in [-0.25, -0.2) is 0 Å². The van der Waals surface area contributed by atoms with Crippen molar-refractivity contribution in [2.75, 3.05) is 5.32 Å². The van der Waals surface area contributed by atoms with E-state index in [1.807, 2.05) is 0 Å². The van der Waals surface area contributed by atoms with Gasteiger partial charge in [-0.1, -0.05) is 17.7 Å². The number of nitrogens with one attached hydrogen (secondary N) is 1. The first-order chi connectivity index (χ1) is 8.99. The third kappa shape index (κ3) is 3.23. The van der Waals surface area contributed by atoms with Crippen LogP contribution in [0.15, 0.2) is 29.6 Å². The average molecular weight is 409 g/mol. The van der Waals surface area contributed by atoms with Crippen molar-refractivity contribution in [3.8, 4) is 0 Å². The van der Waals surface area contributed by atoms with Crippen LogP contribution < -0.4 is 5.32 Å². The van der Waals surface area contributed by atoms with E-state index in [0.29, 0.717) is 5.56 Å². The number of amides is 1. The first-order valence-electron chi connectivity index (χ1n) is 4.97. The van der Waals surface area contributed by atoms with E-state index in [2.05, 4.69) is 27.9 Å². The molecule has 0 saturated heterocycles.